The van der Waals surface area contributed by atoms with Gasteiger partial charge in [-0.25, -0.2) is 9.37 Å². The zero-order valence-electron chi connectivity index (χ0n) is 16.7. The largest absolute Gasteiger partial charge is 0.385 e. The van der Waals surface area contributed by atoms with Crippen LogP contribution in [-0.4, -0.2) is 62.2 Å². The van der Waals surface area contributed by atoms with Gasteiger partial charge in [0.05, 0.1) is 6.54 Å². The lowest BCUT2D eigenvalue weighted by atomic mass is 10.2. The van der Waals surface area contributed by atoms with Crippen molar-refractivity contribution in [2.24, 2.45) is 0 Å². The molecular formula is C20H26FN3O4S. The van der Waals surface area contributed by atoms with E-state index in [1.165, 1.54) is 29.5 Å². The molecule has 0 aliphatic rings. The molecule has 2 amide bonds. The summed E-state index contributed by atoms with van der Waals surface area (Å²) in [5.41, 5.74) is 0.590. The van der Waals surface area contributed by atoms with Crippen LogP contribution in [0.1, 0.15) is 38.7 Å². The molecule has 0 radical (unpaired) electrons. The van der Waals surface area contributed by atoms with E-state index in [2.05, 4.69) is 10.3 Å². The molecule has 1 heterocycles. The second-order valence-corrected chi connectivity index (χ2v) is 7.25. The number of methoxy groups -OCH3 is 2. The van der Waals surface area contributed by atoms with Gasteiger partial charge in [0.15, 0.2) is 0 Å². The highest BCUT2D eigenvalue weighted by molar-refractivity contribution is 7.09. The maximum atomic E-state index is 13.5. The standard InChI is InChI=1S/C20H26FN3O4S/c1-27-10-4-8-22-19(25)17-14-29-18(23-17)13-24(9-5-11-28-2)20(26)15-6-3-7-16(21)12-15/h3,6-7,12,14H,4-5,8-11,13H2,1-2H3,(H,22,25). The molecule has 1 aromatic heterocycles. The molecule has 0 aliphatic heterocycles. The van der Waals surface area contributed by atoms with Crippen molar-refractivity contribution in [1.29, 1.82) is 0 Å². The fourth-order valence-corrected chi connectivity index (χ4v) is 3.41. The van der Waals surface area contributed by atoms with Gasteiger partial charge in [-0.1, -0.05) is 6.07 Å². The molecule has 1 aromatic carbocycles. The number of rotatable bonds is 12. The predicted molar refractivity (Wildman–Crippen MR) is 109 cm³/mol. The Balaban J connectivity index is 2.04. The first-order chi connectivity index (χ1) is 14.0. The van der Waals surface area contributed by atoms with E-state index in [0.29, 0.717) is 49.8 Å². The number of thiazole rings is 1. The van der Waals surface area contributed by atoms with E-state index < -0.39 is 5.82 Å². The molecule has 7 nitrogen and oxygen atoms in total. The number of hydrogen-bond acceptors (Lipinski definition) is 6. The van der Waals surface area contributed by atoms with Crippen LogP contribution in [0, 0.1) is 5.82 Å². The Hall–Kier alpha value is -2.36. The fourth-order valence-electron chi connectivity index (χ4n) is 2.62. The van der Waals surface area contributed by atoms with Crippen LogP contribution in [0.4, 0.5) is 4.39 Å². The SMILES string of the molecule is COCCCNC(=O)c1csc(CN(CCCOC)C(=O)c2cccc(F)c2)n1. The summed E-state index contributed by atoms with van der Waals surface area (Å²) >= 11 is 1.31. The van der Waals surface area contributed by atoms with Gasteiger partial charge in [0, 0.05) is 51.5 Å². The van der Waals surface area contributed by atoms with Crippen molar-refractivity contribution >= 4 is 23.2 Å². The Morgan fingerprint density at radius 3 is 2.69 bits per heavy atom. The molecule has 0 atom stereocenters. The maximum Gasteiger partial charge on any atom is 0.270 e. The molecule has 0 spiro atoms. The minimum absolute atomic E-state index is 0.237. The average Bonchev–Trinajstić information content (AvgIpc) is 3.18. The molecule has 0 aliphatic carbocycles. The molecule has 1 N–H and O–H groups in total. The molecule has 2 aromatic rings. The Kier molecular flexibility index (Phi) is 9.69. The summed E-state index contributed by atoms with van der Waals surface area (Å²) in [7, 11) is 3.20. The Labute approximate surface area is 173 Å². The van der Waals surface area contributed by atoms with Crippen molar-refractivity contribution in [1.82, 2.24) is 15.2 Å². The Bertz CT molecular complexity index is 800. The number of carbonyl (C=O) groups is 2. The van der Waals surface area contributed by atoms with Crippen LogP contribution < -0.4 is 5.32 Å². The molecule has 158 valence electrons. The van der Waals surface area contributed by atoms with Crippen LogP contribution in [0.25, 0.3) is 0 Å². The minimum atomic E-state index is -0.464. The Morgan fingerprint density at radius 1 is 1.21 bits per heavy atom. The fraction of sp³-hybridized carbons (Fsp3) is 0.450. The zero-order valence-corrected chi connectivity index (χ0v) is 17.5. The maximum absolute atomic E-state index is 13.5. The average molecular weight is 424 g/mol. The smallest absolute Gasteiger partial charge is 0.270 e. The number of halogens is 1. The van der Waals surface area contributed by atoms with Crippen molar-refractivity contribution in [3.8, 4) is 0 Å². The van der Waals surface area contributed by atoms with E-state index in [1.807, 2.05) is 0 Å². The summed E-state index contributed by atoms with van der Waals surface area (Å²) in [5.74, 6) is -1.01. The summed E-state index contributed by atoms with van der Waals surface area (Å²) in [5, 5.41) is 5.08. The first-order valence-electron chi connectivity index (χ1n) is 9.30. The van der Waals surface area contributed by atoms with E-state index in [9.17, 15) is 14.0 Å². The van der Waals surface area contributed by atoms with Crippen LogP contribution in [0.5, 0.6) is 0 Å². The molecule has 0 fully saturated rings. The van der Waals surface area contributed by atoms with E-state index in [0.717, 1.165) is 0 Å². The summed E-state index contributed by atoms with van der Waals surface area (Å²) in [6.07, 6.45) is 1.35. The minimum Gasteiger partial charge on any atom is -0.385 e. The quantitative estimate of drug-likeness (QED) is 0.531. The van der Waals surface area contributed by atoms with Crippen molar-refractivity contribution in [2.45, 2.75) is 19.4 Å². The monoisotopic (exact) mass is 423 g/mol. The van der Waals surface area contributed by atoms with Crippen molar-refractivity contribution in [2.75, 3.05) is 40.5 Å². The number of carbonyl (C=O) groups excluding carboxylic acids is 2. The highest BCUT2D eigenvalue weighted by Gasteiger charge is 2.19. The lowest BCUT2D eigenvalue weighted by Crippen LogP contribution is -2.32. The summed E-state index contributed by atoms with van der Waals surface area (Å²) in [6, 6.07) is 5.59. The third kappa shape index (κ3) is 7.52. The van der Waals surface area contributed by atoms with Gasteiger partial charge in [-0.3, -0.25) is 9.59 Å². The van der Waals surface area contributed by atoms with Gasteiger partial charge in [0.25, 0.3) is 11.8 Å². The molecule has 0 unspecified atom stereocenters. The first-order valence-corrected chi connectivity index (χ1v) is 10.2. The summed E-state index contributed by atoms with van der Waals surface area (Å²) in [6.45, 7) is 2.24. The van der Waals surface area contributed by atoms with Crippen LogP contribution in [0.3, 0.4) is 0 Å². The normalized spacial score (nSPS) is 10.7. The molecular weight excluding hydrogens is 397 g/mol. The van der Waals surface area contributed by atoms with Gasteiger partial charge in [-0.2, -0.15) is 0 Å². The van der Waals surface area contributed by atoms with E-state index in [-0.39, 0.29) is 23.9 Å². The summed E-state index contributed by atoms with van der Waals surface area (Å²) < 4.78 is 23.5. The van der Waals surface area contributed by atoms with Gasteiger partial charge < -0.3 is 19.7 Å². The van der Waals surface area contributed by atoms with Gasteiger partial charge in [0.1, 0.15) is 16.5 Å². The van der Waals surface area contributed by atoms with Gasteiger partial charge in [0.2, 0.25) is 0 Å². The highest BCUT2D eigenvalue weighted by atomic mass is 32.1. The zero-order chi connectivity index (χ0) is 21.1. The van der Waals surface area contributed by atoms with Crippen molar-refractivity contribution in [3.63, 3.8) is 0 Å². The van der Waals surface area contributed by atoms with Crippen LogP contribution in [0.15, 0.2) is 29.6 Å². The molecule has 0 saturated carbocycles. The number of hydrogen-bond donors (Lipinski definition) is 1. The number of nitrogens with one attached hydrogen (secondary N) is 1. The van der Waals surface area contributed by atoms with Gasteiger partial charge >= 0.3 is 0 Å². The lowest BCUT2D eigenvalue weighted by molar-refractivity contribution is 0.0723. The second kappa shape index (κ2) is 12.3. The second-order valence-electron chi connectivity index (χ2n) is 6.31. The molecule has 0 bridgehead atoms. The highest BCUT2D eigenvalue weighted by Crippen LogP contribution is 2.16. The first kappa shape index (κ1) is 22.9. The lowest BCUT2D eigenvalue weighted by Gasteiger charge is -2.21. The number of aromatic nitrogens is 1. The molecule has 2 rings (SSSR count). The number of amides is 2. The van der Waals surface area contributed by atoms with E-state index in [1.54, 1.807) is 30.6 Å². The molecule has 0 saturated heterocycles. The van der Waals surface area contributed by atoms with Crippen molar-refractivity contribution < 1.29 is 23.5 Å². The topological polar surface area (TPSA) is 80.8 Å². The van der Waals surface area contributed by atoms with E-state index >= 15 is 0 Å². The molecule has 9 heteroatoms. The van der Waals surface area contributed by atoms with Gasteiger partial charge in [-0.05, 0) is 31.0 Å². The summed E-state index contributed by atoms with van der Waals surface area (Å²) in [4.78, 5) is 30.9. The van der Waals surface area contributed by atoms with Crippen LogP contribution in [-0.2, 0) is 16.0 Å². The number of benzene rings is 1. The van der Waals surface area contributed by atoms with Crippen LogP contribution in [0.2, 0.25) is 0 Å². The number of nitrogens with zero attached hydrogens (tertiary/aromatic N) is 2. The van der Waals surface area contributed by atoms with Crippen molar-refractivity contribution in [3.05, 3.63) is 51.7 Å². The van der Waals surface area contributed by atoms with E-state index in [4.69, 9.17) is 9.47 Å². The number of ether oxygens (including phenoxy) is 2. The van der Waals surface area contributed by atoms with Crippen LogP contribution >= 0.6 is 11.3 Å². The molecule has 29 heavy (non-hydrogen) atoms. The van der Waals surface area contributed by atoms with Gasteiger partial charge in [-0.15, -0.1) is 11.3 Å². The Morgan fingerprint density at radius 2 is 1.97 bits per heavy atom. The predicted octanol–water partition coefficient (Wildman–Crippen LogP) is 2.73. The third-order valence-corrected chi connectivity index (χ3v) is 4.89. The third-order valence-electron chi connectivity index (χ3n) is 4.06.